The van der Waals surface area contributed by atoms with Crippen molar-refractivity contribution in [2.75, 3.05) is 13.2 Å². The smallest absolute Gasteiger partial charge is 0.223 e. The SMILES string of the molecule is Cl.NC1CCCC(C(=O)NCCOc2cccc(Cl)c2)C1. The van der Waals surface area contributed by atoms with Gasteiger partial charge in [0.2, 0.25) is 5.91 Å². The summed E-state index contributed by atoms with van der Waals surface area (Å²) in [7, 11) is 0. The van der Waals surface area contributed by atoms with Gasteiger partial charge in [-0.3, -0.25) is 4.79 Å². The fourth-order valence-corrected chi connectivity index (χ4v) is 2.69. The average Bonchev–Trinajstić information content (AvgIpc) is 2.43. The summed E-state index contributed by atoms with van der Waals surface area (Å²) in [6.45, 7) is 0.932. The summed E-state index contributed by atoms with van der Waals surface area (Å²) in [4.78, 5) is 12.0. The van der Waals surface area contributed by atoms with Gasteiger partial charge in [-0.15, -0.1) is 12.4 Å². The summed E-state index contributed by atoms with van der Waals surface area (Å²) in [5, 5.41) is 3.55. The highest BCUT2D eigenvalue weighted by Crippen LogP contribution is 2.23. The standard InChI is InChI=1S/C15H21ClN2O2.ClH/c16-12-4-2-6-14(10-12)20-8-7-18-15(19)11-3-1-5-13(17)9-11;/h2,4,6,10-11,13H,1,3,5,7-9,17H2,(H,18,19);1H. The van der Waals surface area contributed by atoms with Crippen LogP contribution in [0.1, 0.15) is 25.7 Å². The molecule has 2 rings (SSSR count). The monoisotopic (exact) mass is 332 g/mol. The Hall–Kier alpha value is -0.970. The van der Waals surface area contributed by atoms with E-state index in [-0.39, 0.29) is 30.3 Å². The second kappa shape index (κ2) is 9.13. The summed E-state index contributed by atoms with van der Waals surface area (Å²) in [6, 6.07) is 7.39. The molecule has 0 aromatic heterocycles. The zero-order chi connectivity index (χ0) is 14.4. The number of rotatable bonds is 5. The topological polar surface area (TPSA) is 64.4 Å². The Balaban J connectivity index is 0.00000220. The van der Waals surface area contributed by atoms with Gasteiger partial charge in [-0.05, 0) is 37.5 Å². The lowest BCUT2D eigenvalue weighted by molar-refractivity contribution is -0.126. The van der Waals surface area contributed by atoms with Crippen molar-refractivity contribution in [3.8, 4) is 5.75 Å². The first-order valence-corrected chi connectivity index (χ1v) is 7.44. The van der Waals surface area contributed by atoms with E-state index in [2.05, 4.69) is 5.32 Å². The van der Waals surface area contributed by atoms with Crippen LogP contribution in [-0.4, -0.2) is 25.1 Å². The minimum absolute atomic E-state index is 0. The normalized spacial score (nSPS) is 21.2. The van der Waals surface area contributed by atoms with Crippen molar-refractivity contribution < 1.29 is 9.53 Å². The maximum atomic E-state index is 12.0. The number of amides is 1. The molecule has 1 aromatic rings. The van der Waals surface area contributed by atoms with Crippen LogP contribution in [0.4, 0.5) is 0 Å². The third-order valence-electron chi connectivity index (χ3n) is 3.55. The molecule has 2 unspecified atom stereocenters. The van der Waals surface area contributed by atoms with E-state index in [1.165, 1.54) is 0 Å². The number of nitrogens with two attached hydrogens (primary N) is 1. The van der Waals surface area contributed by atoms with Crippen molar-refractivity contribution in [1.82, 2.24) is 5.32 Å². The molecule has 0 bridgehead atoms. The van der Waals surface area contributed by atoms with Gasteiger partial charge in [-0.1, -0.05) is 24.1 Å². The number of halogens is 2. The first kappa shape index (κ1) is 18.1. The number of hydrogen-bond donors (Lipinski definition) is 2. The number of benzene rings is 1. The first-order chi connectivity index (χ1) is 9.65. The molecule has 21 heavy (non-hydrogen) atoms. The lowest BCUT2D eigenvalue weighted by Crippen LogP contribution is -2.39. The molecule has 0 aliphatic heterocycles. The molecule has 2 atom stereocenters. The van der Waals surface area contributed by atoms with Crippen LogP contribution in [0.25, 0.3) is 0 Å². The van der Waals surface area contributed by atoms with Gasteiger partial charge in [0.1, 0.15) is 12.4 Å². The highest BCUT2D eigenvalue weighted by atomic mass is 35.5. The van der Waals surface area contributed by atoms with Crippen LogP contribution in [0.3, 0.4) is 0 Å². The van der Waals surface area contributed by atoms with E-state index in [9.17, 15) is 4.79 Å². The zero-order valence-electron chi connectivity index (χ0n) is 11.9. The fourth-order valence-electron chi connectivity index (χ4n) is 2.51. The average molecular weight is 333 g/mol. The zero-order valence-corrected chi connectivity index (χ0v) is 13.5. The summed E-state index contributed by atoms with van der Waals surface area (Å²) < 4.78 is 5.52. The fraction of sp³-hybridized carbons (Fsp3) is 0.533. The number of carbonyl (C=O) groups is 1. The Kier molecular flexibility index (Phi) is 7.86. The van der Waals surface area contributed by atoms with Crippen molar-refractivity contribution in [3.63, 3.8) is 0 Å². The molecule has 0 heterocycles. The Morgan fingerprint density at radius 1 is 1.43 bits per heavy atom. The third-order valence-corrected chi connectivity index (χ3v) is 3.79. The van der Waals surface area contributed by atoms with E-state index >= 15 is 0 Å². The van der Waals surface area contributed by atoms with Crippen LogP contribution in [0, 0.1) is 5.92 Å². The van der Waals surface area contributed by atoms with E-state index < -0.39 is 0 Å². The minimum atomic E-state index is 0. The van der Waals surface area contributed by atoms with Gasteiger partial charge in [0.05, 0.1) is 6.54 Å². The summed E-state index contributed by atoms with van der Waals surface area (Å²) in [5.41, 5.74) is 5.89. The lowest BCUT2D eigenvalue weighted by Gasteiger charge is -2.25. The van der Waals surface area contributed by atoms with E-state index in [1.54, 1.807) is 12.1 Å². The predicted molar refractivity (Wildman–Crippen MR) is 87.1 cm³/mol. The molecule has 118 valence electrons. The van der Waals surface area contributed by atoms with Gasteiger partial charge in [-0.2, -0.15) is 0 Å². The number of nitrogens with one attached hydrogen (secondary N) is 1. The van der Waals surface area contributed by atoms with Crippen LogP contribution in [0.5, 0.6) is 5.75 Å². The summed E-state index contributed by atoms with van der Waals surface area (Å²) in [6.07, 6.45) is 3.80. The molecule has 0 radical (unpaired) electrons. The molecular formula is C15H22Cl2N2O2. The van der Waals surface area contributed by atoms with Crippen LogP contribution < -0.4 is 15.8 Å². The molecule has 4 nitrogen and oxygen atoms in total. The molecule has 1 saturated carbocycles. The van der Waals surface area contributed by atoms with E-state index in [4.69, 9.17) is 22.1 Å². The molecule has 0 spiro atoms. The van der Waals surface area contributed by atoms with Crippen LogP contribution >= 0.6 is 24.0 Å². The third kappa shape index (κ3) is 6.12. The molecule has 1 fully saturated rings. The number of carbonyl (C=O) groups excluding carboxylic acids is 1. The van der Waals surface area contributed by atoms with Crippen molar-refractivity contribution in [2.24, 2.45) is 11.7 Å². The van der Waals surface area contributed by atoms with Gasteiger partial charge in [0, 0.05) is 17.0 Å². The molecule has 6 heteroatoms. The Bertz CT molecular complexity index is 457. The number of hydrogen-bond acceptors (Lipinski definition) is 3. The van der Waals surface area contributed by atoms with Gasteiger partial charge in [0.15, 0.2) is 0 Å². The van der Waals surface area contributed by atoms with Gasteiger partial charge >= 0.3 is 0 Å². The summed E-state index contributed by atoms with van der Waals surface area (Å²) in [5.74, 6) is 0.867. The van der Waals surface area contributed by atoms with E-state index in [1.807, 2.05) is 12.1 Å². The van der Waals surface area contributed by atoms with Crippen molar-refractivity contribution in [3.05, 3.63) is 29.3 Å². The maximum Gasteiger partial charge on any atom is 0.223 e. The molecule has 1 aliphatic rings. The number of ether oxygens (including phenoxy) is 1. The Morgan fingerprint density at radius 3 is 2.95 bits per heavy atom. The van der Waals surface area contributed by atoms with Crippen molar-refractivity contribution >= 4 is 29.9 Å². The highest BCUT2D eigenvalue weighted by Gasteiger charge is 2.24. The molecule has 0 saturated heterocycles. The predicted octanol–water partition coefficient (Wildman–Crippen LogP) is 2.77. The van der Waals surface area contributed by atoms with Crippen molar-refractivity contribution in [1.29, 1.82) is 0 Å². The van der Waals surface area contributed by atoms with E-state index in [0.29, 0.717) is 23.9 Å². The molecule has 1 amide bonds. The lowest BCUT2D eigenvalue weighted by atomic mass is 9.85. The largest absolute Gasteiger partial charge is 0.492 e. The van der Waals surface area contributed by atoms with E-state index in [0.717, 1.165) is 25.7 Å². The first-order valence-electron chi connectivity index (χ1n) is 7.07. The Morgan fingerprint density at radius 2 is 2.24 bits per heavy atom. The molecule has 1 aliphatic carbocycles. The van der Waals surface area contributed by atoms with Crippen LogP contribution in [-0.2, 0) is 4.79 Å². The van der Waals surface area contributed by atoms with Gasteiger partial charge in [0.25, 0.3) is 0 Å². The second-order valence-corrected chi connectivity index (χ2v) is 5.66. The van der Waals surface area contributed by atoms with Crippen LogP contribution in [0.15, 0.2) is 24.3 Å². The van der Waals surface area contributed by atoms with Gasteiger partial charge in [-0.25, -0.2) is 0 Å². The second-order valence-electron chi connectivity index (χ2n) is 5.22. The Labute approximate surface area is 136 Å². The maximum absolute atomic E-state index is 12.0. The molecular weight excluding hydrogens is 311 g/mol. The molecule has 3 N–H and O–H groups in total. The van der Waals surface area contributed by atoms with Crippen LogP contribution in [0.2, 0.25) is 5.02 Å². The van der Waals surface area contributed by atoms with Gasteiger partial charge < -0.3 is 15.8 Å². The summed E-state index contributed by atoms with van der Waals surface area (Å²) >= 11 is 5.86. The highest BCUT2D eigenvalue weighted by molar-refractivity contribution is 6.30. The van der Waals surface area contributed by atoms with Crippen molar-refractivity contribution in [2.45, 2.75) is 31.7 Å². The quantitative estimate of drug-likeness (QED) is 0.815. The minimum Gasteiger partial charge on any atom is -0.492 e. The molecule has 1 aromatic carbocycles.